The molecule has 1 N–H and O–H groups in total. The van der Waals surface area contributed by atoms with Gasteiger partial charge < -0.3 is 14.8 Å². The fraction of sp³-hybridized carbons (Fsp3) is 0.611. The zero-order valence-corrected chi connectivity index (χ0v) is 14.1. The Kier molecular flexibility index (Phi) is 5.46. The summed E-state index contributed by atoms with van der Waals surface area (Å²) in [6.07, 6.45) is 4.28. The van der Waals surface area contributed by atoms with Crippen LogP contribution >= 0.6 is 0 Å². The molecule has 1 unspecified atom stereocenters. The topological polar surface area (TPSA) is 47.6 Å². The van der Waals surface area contributed by atoms with Gasteiger partial charge in [-0.15, -0.1) is 0 Å². The summed E-state index contributed by atoms with van der Waals surface area (Å²) in [5.41, 5.74) is 1.08. The molecule has 1 aliphatic carbocycles. The van der Waals surface area contributed by atoms with Gasteiger partial charge >= 0.3 is 0 Å². The van der Waals surface area contributed by atoms with Gasteiger partial charge in [-0.25, -0.2) is 0 Å². The second kappa shape index (κ2) is 7.14. The molecule has 0 bridgehead atoms. The maximum atomic E-state index is 12.5. The molecule has 122 valence electrons. The number of hydrogen-bond acceptors (Lipinski definition) is 3. The maximum absolute atomic E-state index is 12.5. The molecule has 0 spiro atoms. The molecule has 2 rings (SSSR count). The van der Waals surface area contributed by atoms with E-state index >= 15 is 0 Å². The Bertz CT molecular complexity index is 525. The number of amides is 1. The minimum Gasteiger partial charge on any atom is -0.493 e. The van der Waals surface area contributed by atoms with Crippen LogP contribution in [0.2, 0.25) is 0 Å². The zero-order valence-electron chi connectivity index (χ0n) is 14.1. The predicted octanol–water partition coefficient (Wildman–Crippen LogP) is 3.93. The van der Waals surface area contributed by atoms with E-state index in [4.69, 9.17) is 9.47 Å². The van der Waals surface area contributed by atoms with E-state index < -0.39 is 5.60 Å². The second-order valence-corrected chi connectivity index (χ2v) is 6.22. The molecule has 1 aromatic carbocycles. The average molecular weight is 305 g/mol. The third kappa shape index (κ3) is 3.80. The number of carbonyl (C=O) groups excluding carboxylic acids is 1. The molecule has 1 fully saturated rings. The number of benzene rings is 1. The average Bonchev–Trinajstić information content (AvgIpc) is 3.34. The molecular formula is C18H27NO3. The Labute approximate surface area is 133 Å². The first kappa shape index (κ1) is 16.8. The van der Waals surface area contributed by atoms with E-state index in [9.17, 15) is 4.79 Å². The lowest BCUT2D eigenvalue weighted by Crippen LogP contribution is -2.44. The van der Waals surface area contributed by atoms with E-state index in [-0.39, 0.29) is 5.91 Å². The van der Waals surface area contributed by atoms with Crippen molar-refractivity contribution < 1.29 is 14.3 Å². The van der Waals surface area contributed by atoms with Crippen molar-refractivity contribution in [2.24, 2.45) is 5.92 Å². The van der Waals surface area contributed by atoms with Gasteiger partial charge in [-0.2, -0.15) is 0 Å². The molecular weight excluding hydrogens is 278 g/mol. The minimum absolute atomic E-state index is 0.0726. The summed E-state index contributed by atoms with van der Waals surface area (Å²) < 4.78 is 11.2. The van der Waals surface area contributed by atoms with Crippen LogP contribution in [0.3, 0.4) is 0 Å². The van der Waals surface area contributed by atoms with Gasteiger partial charge in [0.15, 0.2) is 0 Å². The number of hydrogen-bond donors (Lipinski definition) is 1. The number of unbranched alkanes of at least 4 members (excludes halogenated alkanes) is 1. The van der Waals surface area contributed by atoms with Gasteiger partial charge in [-0.3, -0.25) is 4.79 Å². The molecule has 1 amide bonds. The normalized spacial score (nSPS) is 16.9. The summed E-state index contributed by atoms with van der Waals surface area (Å²) in [5, 5.41) is 2.97. The van der Waals surface area contributed by atoms with Gasteiger partial charge in [-0.1, -0.05) is 13.3 Å². The van der Waals surface area contributed by atoms with Gasteiger partial charge in [0.2, 0.25) is 0 Å². The number of rotatable bonds is 8. The highest BCUT2D eigenvalue weighted by Crippen LogP contribution is 2.42. The van der Waals surface area contributed by atoms with Gasteiger partial charge in [0, 0.05) is 12.8 Å². The minimum atomic E-state index is -0.732. The van der Waals surface area contributed by atoms with Crippen molar-refractivity contribution in [2.75, 3.05) is 19.0 Å². The van der Waals surface area contributed by atoms with Crippen LogP contribution < -0.4 is 10.1 Å². The number of nitrogens with one attached hydrogen (secondary N) is 1. The van der Waals surface area contributed by atoms with Crippen molar-refractivity contribution in [1.29, 1.82) is 0 Å². The third-order valence-electron chi connectivity index (χ3n) is 4.42. The largest absolute Gasteiger partial charge is 0.493 e. The Morgan fingerprint density at radius 1 is 1.41 bits per heavy atom. The smallest absolute Gasteiger partial charge is 0.256 e. The van der Waals surface area contributed by atoms with Crippen LogP contribution in [0.15, 0.2) is 18.2 Å². The highest BCUT2D eigenvalue weighted by atomic mass is 16.5. The Morgan fingerprint density at radius 2 is 2.14 bits per heavy atom. The SMILES string of the molecule is CCCCOc1ccc(NC(=O)C(C)(OC)C2CC2)cc1C. The van der Waals surface area contributed by atoms with E-state index in [1.165, 1.54) is 0 Å². The number of anilines is 1. The fourth-order valence-electron chi connectivity index (χ4n) is 2.55. The first-order valence-corrected chi connectivity index (χ1v) is 8.11. The summed E-state index contributed by atoms with van der Waals surface area (Å²) in [6.45, 7) is 6.73. The molecule has 1 aliphatic rings. The van der Waals surface area contributed by atoms with Crippen LogP contribution in [0.4, 0.5) is 5.69 Å². The molecule has 0 aliphatic heterocycles. The van der Waals surface area contributed by atoms with Crippen LogP contribution in [-0.2, 0) is 9.53 Å². The summed E-state index contributed by atoms with van der Waals surface area (Å²) >= 11 is 0. The lowest BCUT2D eigenvalue weighted by Gasteiger charge is -2.26. The summed E-state index contributed by atoms with van der Waals surface area (Å²) in [6, 6.07) is 5.75. The van der Waals surface area contributed by atoms with Crippen molar-refractivity contribution in [1.82, 2.24) is 0 Å². The summed E-state index contributed by atoms with van der Waals surface area (Å²) in [7, 11) is 1.60. The first-order chi connectivity index (χ1) is 10.5. The quantitative estimate of drug-likeness (QED) is 0.740. The number of carbonyl (C=O) groups is 1. The highest BCUT2D eigenvalue weighted by molar-refractivity contribution is 5.97. The number of ether oxygens (including phenoxy) is 2. The van der Waals surface area contributed by atoms with Gasteiger partial charge in [0.05, 0.1) is 6.61 Å². The molecule has 4 nitrogen and oxygen atoms in total. The van der Waals surface area contributed by atoms with E-state index in [0.717, 1.165) is 49.3 Å². The van der Waals surface area contributed by atoms with E-state index in [0.29, 0.717) is 5.92 Å². The van der Waals surface area contributed by atoms with Crippen molar-refractivity contribution >= 4 is 11.6 Å². The fourth-order valence-corrected chi connectivity index (χ4v) is 2.55. The standard InChI is InChI=1S/C18H27NO3/c1-5-6-11-22-16-10-9-15(12-13(16)2)19-17(20)18(3,21-4)14-7-8-14/h9-10,12,14H,5-8,11H2,1-4H3,(H,19,20). The second-order valence-electron chi connectivity index (χ2n) is 6.22. The Hall–Kier alpha value is -1.55. The van der Waals surface area contributed by atoms with Crippen molar-refractivity contribution in [3.8, 4) is 5.75 Å². The van der Waals surface area contributed by atoms with E-state index in [1.54, 1.807) is 7.11 Å². The van der Waals surface area contributed by atoms with E-state index in [1.807, 2.05) is 32.0 Å². The molecule has 1 saturated carbocycles. The van der Waals surface area contributed by atoms with Gasteiger partial charge in [-0.05, 0) is 62.8 Å². The molecule has 4 heteroatoms. The monoisotopic (exact) mass is 305 g/mol. The van der Waals surface area contributed by atoms with Gasteiger partial charge in [0.25, 0.3) is 5.91 Å². The third-order valence-corrected chi connectivity index (χ3v) is 4.42. The zero-order chi connectivity index (χ0) is 16.2. The molecule has 22 heavy (non-hydrogen) atoms. The molecule has 0 radical (unpaired) electrons. The molecule has 0 heterocycles. The maximum Gasteiger partial charge on any atom is 0.256 e. The van der Waals surface area contributed by atoms with Crippen LogP contribution in [0, 0.1) is 12.8 Å². The predicted molar refractivity (Wildman–Crippen MR) is 88.3 cm³/mol. The lowest BCUT2D eigenvalue weighted by atomic mass is 9.99. The lowest BCUT2D eigenvalue weighted by molar-refractivity contribution is -0.138. The molecule has 1 aromatic rings. The Morgan fingerprint density at radius 3 is 2.68 bits per heavy atom. The first-order valence-electron chi connectivity index (χ1n) is 8.11. The highest BCUT2D eigenvalue weighted by Gasteiger charge is 2.47. The van der Waals surface area contributed by atoms with Crippen molar-refractivity contribution in [2.45, 2.75) is 52.1 Å². The summed E-state index contributed by atoms with van der Waals surface area (Å²) in [5.74, 6) is 1.13. The van der Waals surface area contributed by atoms with Crippen LogP contribution in [0.1, 0.15) is 45.1 Å². The van der Waals surface area contributed by atoms with Crippen molar-refractivity contribution in [3.05, 3.63) is 23.8 Å². The Balaban J connectivity index is 2.01. The van der Waals surface area contributed by atoms with Crippen LogP contribution in [0.5, 0.6) is 5.75 Å². The molecule has 0 saturated heterocycles. The molecule has 1 atom stereocenters. The van der Waals surface area contributed by atoms with Gasteiger partial charge in [0.1, 0.15) is 11.4 Å². The van der Waals surface area contributed by atoms with E-state index in [2.05, 4.69) is 12.2 Å². The van der Waals surface area contributed by atoms with Crippen molar-refractivity contribution in [3.63, 3.8) is 0 Å². The summed E-state index contributed by atoms with van der Waals surface area (Å²) in [4.78, 5) is 12.5. The van der Waals surface area contributed by atoms with Crippen LogP contribution in [0.25, 0.3) is 0 Å². The molecule has 0 aromatic heterocycles. The number of methoxy groups -OCH3 is 1. The van der Waals surface area contributed by atoms with Crippen LogP contribution in [-0.4, -0.2) is 25.2 Å². The number of aryl methyl sites for hydroxylation is 1.